The smallest absolute Gasteiger partial charge is 0.343 e. The molecule has 0 amide bonds. The summed E-state index contributed by atoms with van der Waals surface area (Å²) >= 11 is 0. The van der Waals surface area contributed by atoms with Crippen LogP contribution in [-0.2, 0) is 0 Å². The van der Waals surface area contributed by atoms with E-state index in [-0.39, 0.29) is 17.1 Å². The number of hydrazone groups is 1. The van der Waals surface area contributed by atoms with E-state index in [4.69, 9.17) is 4.74 Å². The van der Waals surface area contributed by atoms with Gasteiger partial charge in [0.15, 0.2) is 0 Å². The highest BCUT2D eigenvalue weighted by Crippen LogP contribution is 2.14. The molecule has 2 N–H and O–H groups in total. The lowest BCUT2D eigenvalue weighted by molar-refractivity contribution is 0.0734. The van der Waals surface area contributed by atoms with Crippen molar-refractivity contribution in [3.8, 4) is 5.75 Å². The van der Waals surface area contributed by atoms with Gasteiger partial charge in [-0.15, -0.1) is 0 Å². The summed E-state index contributed by atoms with van der Waals surface area (Å²) in [5.74, 6) is -0.415. The molecule has 3 aromatic rings. The topological polar surface area (TPSA) is 96.4 Å². The van der Waals surface area contributed by atoms with Gasteiger partial charge >= 0.3 is 5.97 Å². The van der Waals surface area contributed by atoms with Gasteiger partial charge in [0.2, 0.25) is 5.95 Å². The molecule has 3 rings (SSSR count). The molecule has 0 saturated carbocycles. The van der Waals surface area contributed by atoms with Gasteiger partial charge in [0.1, 0.15) is 11.6 Å². The molecule has 0 fully saturated rings. The number of esters is 1. The van der Waals surface area contributed by atoms with Crippen molar-refractivity contribution in [2.45, 2.75) is 6.92 Å². The molecule has 0 saturated heterocycles. The molecule has 136 valence electrons. The van der Waals surface area contributed by atoms with E-state index < -0.39 is 11.8 Å². The van der Waals surface area contributed by atoms with Crippen LogP contribution < -0.4 is 15.7 Å². The summed E-state index contributed by atoms with van der Waals surface area (Å²) in [6.45, 7) is 1.70. The van der Waals surface area contributed by atoms with Gasteiger partial charge < -0.3 is 4.74 Å². The quantitative estimate of drug-likeness (QED) is 0.313. The number of aromatic nitrogens is 2. The first-order valence-corrected chi connectivity index (χ1v) is 7.94. The lowest BCUT2D eigenvalue weighted by Crippen LogP contribution is -2.10. The molecule has 0 bridgehead atoms. The molecule has 2 aromatic carbocycles. The Morgan fingerprint density at radius 2 is 1.89 bits per heavy atom. The van der Waals surface area contributed by atoms with Gasteiger partial charge in [-0.25, -0.2) is 19.6 Å². The predicted molar refractivity (Wildman–Crippen MR) is 98.6 cm³/mol. The summed E-state index contributed by atoms with van der Waals surface area (Å²) in [4.78, 5) is 29.9. The van der Waals surface area contributed by atoms with E-state index in [2.05, 4.69) is 20.5 Å². The normalized spacial score (nSPS) is 10.7. The van der Waals surface area contributed by atoms with E-state index in [1.165, 1.54) is 36.5 Å². The van der Waals surface area contributed by atoms with Gasteiger partial charge in [0, 0.05) is 11.8 Å². The number of nitrogens with one attached hydrogen (secondary N) is 2. The number of ether oxygens (including phenoxy) is 1. The maximum absolute atomic E-state index is 12.9. The number of aromatic amines is 1. The summed E-state index contributed by atoms with van der Waals surface area (Å²) in [6, 6.07) is 13.1. The van der Waals surface area contributed by atoms with Crippen LogP contribution in [0.15, 0.2) is 64.5 Å². The molecule has 1 aromatic heterocycles. The molecule has 7 nitrogen and oxygen atoms in total. The molecule has 0 aliphatic rings. The predicted octanol–water partition coefficient (Wildman–Crippen LogP) is 2.88. The first kappa shape index (κ1) is 18.0. The summed E-state index contributed by atoms with van der Waals surface area (Å²) in [6.07, 6.45) is 1.52. The number of rotatable bonds is 5. The first-order chi connectivity index (χ1) is 13.0. The fourth-order valence-electron chi connectivity index (χ4n) is 2.17. The fourth-order valence-corrected chi connectivity index (χ4v) is 2.17. The molecular weight excluding hydrogens is 351 g/mol. The molecule has 1 heterocycles. The van der Waals surface area contributed by atoms with Crippen LogP contribution in [0.2, 0.25) is 0 Å². The van der Waals surface area contributed by atoms with E-state index in [1.807, 2.05) is 0 Å². The third-order valence-electron chi connectivity index (χ3n) is 3.42. The highest BCUT2D eigenvalue weighted by molar-refractivity contribution is 5.91. The van der Waals surface area contributed by atoms with Crippen molar-refractivity contribution in [1.82, 2.24) is 9.97 Å². The molecule has 0 atom stereocenters. The molecule has 0 unspecified atom stereocenters. The van der Waals surface area contributed by atoms with Crippen molar-refractivity contribution in [3.05, 3.63) is 87.6 Å². The Labute approximate surface area is 153 Å². The van der Waals surface area contributed by atoms with E-state index >= 15 is 0 Å². The number of benzene rings is 2. The Balaban J connectivity index is 1.60. The third-order valence-corrected chi connectivity index (χ3v) is 3.42. The highest BCUT2D eigenvalue weighted by atomic mass is 19.1. The van der Waals surface area contributed by atoms with Gasteiger partial charge in [-0.3, -0.25) is 9.78 Å². The number of nitrogens with zero attached hydrogens (tertiary/aromatic N) is 2. The Bertz CT molecular complexity index is 1030. The lowest BCUT2D eigenvalue weighted by Gasteiger charge is -2.04. The summed E-state index contributed by atoms with van der Waals surface area (Å²) in [5, 5.41) is 3.99. The second-order valence-corrected chi connectivity index (χ2v) is 5.57. The Morgan fingerprint density at radius 1 is 1.19 bits per heavy atom. The highest BCUT2D eigenvalue weighted by Gasteiger charge is 2.08. The molecule has 0 radical (unpaired) electrons. The van der Waals surface area contributed by atoms with Crippen molar-refractivity contribution in [1.29, 1.82) is 0 Å². The van der Waals surface area contributed by atoms with Crippen LogP contribution in [0.1, 0.15) is 21.6 Å². The zero-order chi connectivity index (χ0) is 19.2. The zero-order valence-electron chi connectivity index (χ0n) is 14.3. The molecule has 27 heavy (non-hydrogen) atoms. The van der Waals surface area contributed by atoms with Crippen LogP contribution in [0, 0.1) is 12.7 Å². The third kappa shape index (κ3) is 5.08. The maximum Gasteiger partial charge on any atom is 0.343 e. The summed E-state index contributed by atoms with van der Waals surface area (Å²) < 4.78 is 18.1. The lowest BCUT2D eigenvalue weighted by atomic mass is 10.2. The van der Waals surface area contributed by atoms with Crippen molar-refractivity contribution < 1.29 is 13.9 Å². The molecular formula is C19H15FN4O3. The average molecular weight is 366 g/mol. The van der Waals surface area contributed by atoms with E-state index in [9.17, 15) is 14.0 Å². The minimum Gasteiger partial charge on any atom is -0.423 e. The van der Waals surface area contributed by atoms with Gasteiger partial charge in [-0.1, -0.05) is 0 Å². The summed E-state index contributed by atoms with van der Waals surface area (Å²) in [5.41, 5.74) is 3.93. The van der Waals surface area contributed by atoms with Gasteiger partial charge in [0.25, 0.3) is 5.56 Å². The Hall–Kier alpha value is -3.81. The van der Waals surface area contributed by atoms with Crippen molar-refractivity contribution in [2.75, 3.05) is 5.43 Å². The largest absolute Gasteiger partial charge is 0.423 e. The minimum absolute atomic E-state index is 0.237. The van der Waals surface area contributed by atoms with Gasteiger partial charge in [-0.2, -0.15) is 5.10 Å². The molecule has 0 aliphatic heterocycles. The number of halogens is 1. The Kier molecular flexibility index (Phi) is 5.36. The second kappa shape index (κ2) is 8.05. The fraction of sp³-hybridized carbons (Fsp3) is 0.0526. The van der Waals surface area contributed by atoms with E-state index in [0.717, 1.165) is 5.56 Å². The van der Waals surface area contributed by atoms with Crippen LogP contribution in [0.3, 0.4) is 0 Å². The van der Waals surface area contributed by atoms with Crippen molar-refractivity contribution in [2.24, 2.45) is 5.10 Å². The number of hydrogen-bond acceptors (Lipinski definition) is 6. The van der Waals surface area contributed by atoms with Crippen molar-refractivity contribution >= 4 is 18.1 Å². The standard InChI is InChI=1S/C19H15FN4O3/c1-12-10-17(25)23-19(22-12)24-21-11-13-2-8-16(9-3-13)27-18(26)14-4-6-15(20)7-5-14/h2-11H,1H3,(H2,22,23,24,25)/b21-11-. The van der Waals surface area contributed by atoms with E-state index in [1.54, 1.807) is 31.2 Å². The number of carbonyl (C=O) groups is 1. The van der Waals surface area contributed by atoms with Crippen LogP contribution in [0.5, 0.6) is 5.75 Å². The van der Waals surface area contributed by atoms with Gasteiger partial charge in [-0.05, 0) is 61.0 Å². The maximum atomic E-state index is 12.9. The number of anilines is 1. The SMILES string of the molecule is Cc1cc(=O)[nH]c(N/N=C\c2ccc(OC(=O)c3ccc(F)cc3)cc2)n1. The molecule has 0 aliphatic carbocycles. The molecule has 8 heteroatoms. The minimum atomic E-state index is -0.576. The summed E-state index contributed by atoms with van der Waals surface area (Å²) in [7, 11) is 0. The van der Waals surface area contributed by atoms with Crippen LogP contribution in [0.25, 0.3) is 0 Å². The number of H-pyrrole nitrogens is 1. The van der Waals surface area contributed by atoms with Crippen LogP contribution >= 0.6 is 0 Å². The monoisotopic (exact) mass is 366 g/mol. The first-order valence-electron chi connectivity index (χ1n) is 7.94. The number of aryl methyl sites for hydroxylation is 1. The van der Waals surface area contributed by atoms with Crippen LogP contribution in [0.4, 0.5) is 10.3 Å². The average Bonchev–Trinajstić information content (AvgIpc) is 2.63. The van der Waals surface area contributed by atoms with E-state index in [0.29, 0.717) is 11.4 Å². The number of hydrogen-bond donors (Lipinski definition) is 2. The second-order valence-electron chi connectivity index (χ2n) is 5.57. The zero-order valence-corrected chi connectivity index (χ0v) is 14.3. The molecule has 0 spiro atoms. The van der Waals surface area contributed by atoms with Crippen molar-refractivity contribution in [3.63, 3.8) is 0 Å². The number of carbonyl (C=O) groups excluding carboxylic acids is 1. The van der Waals surface area contributed by atoms with Crippen LogP contribution in [-0.4, -0.2) is 22.2 Å². The Morgan fingerprint density at radius 3 is 2.56 bits per heavy atom. The van der Waals surface area contributed by atoms with Gasteiger partial charge in [0.05, 0.1) is 11.8 Å².